The van der Waals surface area contributed by atoms with Gasteiger partial charge >= 0.3 is 5.69 Å². The summed E-state index contributed by atoms with van der Waals surface area (Å²) in [7, 11) is 0. The number of hydrogen-bond donors (Lipinski definition) is 2. The number of nitrogens with one attached hydrogen (secondary N) is 1. The SMILES string of the molecule is CCc1c(C)sc2[nH]c(=O)n(CCCC(N)=O)c(=O)c12. The van der Waals surface area contributed by atoms with Gasteiger partial charge in [0.2, 0.25) is 5.91 Å². The summed E-state index contributed by atoms with van der Waals surface area (Å²) < 4.78 is 1.15. The zero-order chi connectivity index (χ0) is 14.9. The van der Waals surface area contributed by atoms with Gasteiger partial charge in [-0.3, -0.25) is 19.1 Å². The van der Waals surface area contributed by atoms with Crippen LogP contribution in [0.2, 0.25) is 0 Å². The summed E-state index contributed by atoms with van der Waals surface area (Å²) in [5.74, 6) is -0.434. The number of rotatable bonds is 5. The number of primary amides is 1. The quantitative estimate of drug-likeness (QED) is 0.857. The van der Waals surface area contributed by atoms with E-state index in [2.05, 4.69) is 4.98 Å². The molecule has 0 unspecified atom stereocenters. The third-order valence-corrected chi connectivity index (χ3v) is 4.35. The van der Waals surface area contributed by atoms with Crippen LogP contribution >= 0.6 is 11.3 Å². The first kappa shape index (κ1) is 14.5. The number of thiophene rings is 1. The molecule has 2 aromatic heterocycles. The minimum atomic E-state index is -0.434. The summed E-state index contributed by atoms with van der Waals surface area (Å²) in [5.41, 5.74) is 5.33. The van der Waals surface area contributed by atoms with Crippen LogP contribution in [0.5, 0.6) is 0 Å². The fraction of sp³-hybridized carbons (Fsp3) is 0.462. The fourth-order valence-corrected chi connectivity index (χ4v) is 3.45. The van der Waals surface area contributed by atoms with Gasteiger partial charge in [-0.15, -0.1) is 11.3 Å². The fourth-order valence-electron chi connectivity index (χ4n) is 2.33. The highest BCUT2D eigenvalue weighted by Gasteiger charge is 2.15. The molecular formula is C13H17N3O3S. The van der Waals surface area contributed by atoms with Crippen LogP contribution in [-0.4, -0.2) is 15.5 Å². The van der Waals surface area contributed by atoms with E-state index in [9.17, 15) is 14.4 Å². The van der Waals surface area contributed by atoms with Gasteiger partial charge in [-0.1, -0.05) is 6.92 Å². The molecule has 0 saturated carbocycles. The van der Waals surface area contributed by atoms with Crippen molar-refractivity contribution in [2.45, 2.75) is 39.7 Å². The van der Waals surface area contributed by atoms with Gasteiger partial charge in [-0.2, -0.15) is 0 Å². The number of carbonyl (C=O) groups excluding carboxylic acids is 1. The molecule has 0 fully saturated rings. The van der Waals surface area contributed by atoms with Crippen LogP contribution in [0.3, 0.4) is 0 Å². The smallest absolute Gasteiger partial charge is 0.329 e. The molecule has 0 aliphatic carbocycles. The van der Waals surface area contributed by atoms with Crippen LogP contribution in [0.15, 0.2) is 9.59 Å². The molecule has 0 saturated heterocycles. The highest BCUT2D eigenvalue weighted by molar-refractivity contribution is 7.18. The van der Waals surface area contributed by atoms with Crippen LogP contribution in [0.1, 0.15) is 30.2 Å². The van der Waals surface area contributed by atoms with E-state index in [0.717, 1.165) is 21.4 Å². The van der Waals surface area contributed by atoms with Crippen LogP contribution in [-0.2, 0) is 17.8 Å². The Morgan fingerprint density at radius 2 is 2.10 bits per heavy atom. The van der Waals surface area contributed by atoms with Gasteiger partial charge in [0.25, 0.3) is 5.56 Å². The van der Waals surface area contributed by atoms with Crippen LogP contribution in [0, 0.1) is 6.92 Å². The largest absolute Gasteiger partial charge is 0.370 e. The third-order valence-electron chi connectivity index (χ3n) is 3.29. The molecule has 20 heavy (non-hydrogen) atoms. The molecule has 3 N–H and O–H groups in total. The van der Waals surface area contributed by atoms with Crippen molar-refractivity contribution in [1.29, 1.82) is 0 Å². The molecule has 0 spiro atoms. The molecule has 1 amide bonds. The molecule has 2 heterocycles. The first-order valence-electron chi connectivity index (χ1n) is 6.49. The summed E-state index contributed by atoms with van der Waals surface area (Å²) in [4.78, 5) is 39.5. The first-order valence-corrected chi connectivity index (χ1v) is 7.30. The number of aromatic nitrogens is 2. The summed E-state index contributed by atoms with van der Waals surface area (Å²) in [6.07, 6.45) is 1.29. The second-order valence-electron chi connectivity index (χ2n) is 4.65. The standard InChI is InChI=1S/C13H17N3O3S/c1-3-8-7(2)20-11-10(8)12(18)16(13(19)15-11)6-4-5-9(14)17/h3-6H2,1-2H3,(H2,14,17)(H,15,19). The molecule has 0 aliphatic rings. The van der Waals surface area contributed by atoms with E-state index >= 15 is 0 Å². The molecule has 7 heteroatoms. The van der Waals surface area contributed by atoms with Crippen molar-refractivity contribution in [2.24, 2.45) is 5.73 Å². The molecule has 108 valence electrons. The Morgan fingerprint density at radius 3 is 2.70 bits per heavy atom. The van der Waals surface area contributed by atoms with Crippen LogP contribution in [0.4, 0.5) is 0 Å². The maximum absolute atomic E-state index is 12.5. The van der Waals surface area contributed by atoms with E-state index in [0.29, 0.717) is 16.6 Å². The van der Waals surface area contributed by atoms with Crippen molar-refractivity contribution in [3.63, 3.8) is 0 Å². The number of aromatic amines is 1. The van der Waals surface area contributed by atoms with Gasteiger partial charge in [0.15, 0.2) is 0 Å². The number of carbonyl (C=O) groups is 1. The minimum Gasteiger partial charge on any atom is -0.370 e. The molecule has 0 bridgehead atoms. The van der Waals surface area contributed by atoms with Gasteiger partial charge < -0.3 is 5.73 Å². The molecule has 2 aromatic rings. The van der Waals surface area contributed by atoms with Crippen LogP contribution in [0.25, 0.3) is 10.2 Å². The molecule has 0 radical (unpaired) electrons. The Hall–Kier alpha value is -1.89. The number of hydrogen-bond acceptors (Lipinski definition) is 4. The summed E-state index contributed by atoms with van der Waals surface area (Å²) in [5, 5.41) is 0.591. The number of H-pyrrole nitrogens is 1. The minimum absolute atomic E-state index is 0.160. The van der Waals surface area contributed by atoms with Crippen molar-refractivity contribution < 1.29 is 4.79 Å². The van der Waals surface area contributed by atoms with Crippen molar-refractivity contribution in [3.05, 3.63) is 31.3 Å². The highest BCUT2D eigenvalue weighted by atomic mass is 32.1. The summed E-state index contributed by atoms with van der Waals surface area (Å²) in [6, 6.07) is 0. The topological polar surface area (TPSA) is 97.9 Å². The van der Waals surface area contributed by atoms with Gasteiger partial charge in [0.05, 0.1) is 5.39 Å². The lowest BCUT2D eigenvalue weighted by Crippen LogP contribution is -2.35. The number of aryl methyl sites for hydroxylation is 2. The number of amides is 1. The Balaban J connectivity index is 2.53. The lowest BCUT2D eigenvalue weighted by Gasteiger charge is -2.04. The molecule has 0 aliphatic heterocycles. The number of nitrogens with two attached hydrogens (primary N) is 1. The van der Waals surface area contributed by atoms with Crippen molar-refractivity contribution in [1.82, 2.24) is 9.55 Å². The van der Waals surface area contributed by atoms with Gasteiger partial charge in [-0.05, 0) is 25.3 Å². The van der Waals surface area contributed by atoms with Gasteiger partial charge in [0, 0.05) is 17.8 Å². The second-order valence-corrected chi connectivity index (χ2v) is 5.88. The van der Waals surface area contributed by atoms with E-state index in [4.69, 9.17) is 5.73 Å². The Bertz CT molecular complexity index is 769. The molecule has 0 atom stereocenters. The average Bonchev–Trinajstić information content (AvgIpc) is 2.68. The van der Waals surface area contributed by atoms with E-state index in [1.165, 1.54) is 11.3 Å². The maximum Gasteiger partial charge on any atom is 0.329 e. The average molecular weight is 295 g/mol. The van der Waals surface area contributed by atoms with Gasteiger partial charge in [-0.25, -0.2) is 4.79 Å². The van der Waals surface area contributed by atoms with Crippen molar-refractivity contribution >= 4 is 27.5 Å². The molecular weight excluding hydrogens is 278 g/mol. The zero-order valence-corrected chi connectivity index (χ0v) is 12.3. The summed E-state index contributed by atoms with van der Waals surface area (Å²) in [6.45, 7) is 4.13. The molecule has 6 nitrogen and oxygen atoms in total. The lowest BCUT2D eigenvalue weighted by molar-refractivity contribution is -0.118. The molecule has 2 rings (SSSR count). The third kappa shape index (κ3) is 2.53. The second kappa shape index (κ2) is 5.62. The van der Waals surface area contributed by atoms with E-state index in [1.807, 2.05) is 13.8 Å². The summed E-state index contributed by atoms with van der Waals surface area (Å²) >= 11 is 1.43. The van der Waals surface area contributed by atoms with Gasteiger partial charge in [0.1, 0.15) is 4.83 Å². The maximum atomic E-state index is 12.5. The normalized spacial score (nSPS) is 11.1. The first-order chi connectivity index (χ1) is 9.45. The Kier molecular flexibility index (Phi) is 4.08. The lowest BCUT2D eigenvalue weighted by atomic mass is 10.1. The van der Waals surface area contributed by atoms with E-state index in [1.54, 1.807) is 0 Å². The van der Waals surface area contributed by atoms with E-state index in [-0.39, 0.29) is 18.5 Å². The number of fused-ring (bicyclic) bond motifs is 1. The monoisotopic (exact) mass is 295 g/mol. The zero-order valence-electron chi connectivity index (χ0n) is 11.5. The predicted octanol–water partition coefficient (Wildman–Crippen LogP) is 0.888. The van der Waals surface area contributed by atoms with Crippen LogP contribution < -0.4 is 17.0 Å². The predicted molar refractivity (Wildman–Crippen MR) is 79.2 cm³/mol. The Labute approximate surface area is 119 Å². The Morgan fingerprint density at radius 1 is 1.40 bits per heavy atom. The van der Waals surface area contributed by atoms with Crippen molar-refractivity contribution in [3.8, 4) is 0 Å². The number of nitrogens with zero attached hydrogens (tertiary/aromatic N) is 1. The van der Waals surface area contributed by atoms with E-state index < -0.39 is 11.6 Å². The van der Waals surface area contributed by atoms with Crippen molar-refractivity contribution in [2.75, 3.05) is 0 Å². The highest BCUT2D eigenvalue weighted by Crippen LogP contribution is 2.26. The molecule has 0 aromatic carbocycles.